The first-order chi connectivity index (χ1) is 14.0. The van der Waals surface area contributed by atoms with Crippen LogP contribution in [0.1, 0.15) is 17.4 Å². The molecule has 6 N–H and O–H groups in total. The highest BCUT2D eigenvalue weighted by molar-refractivity contribution is 5.81. The second kappa shape index (κ2) is 8.01. The number of hydrogen-bond donors (Lipinski definition) is 4. The Morgan fingerprint density at radius 2 is 1.90 bits per heavy atom. The predicted octanol–water partition coefficient (Wildman–Crippen LogP) is -0.382. The van der Waals surface area contributed by atoms with E-state index < -0.39 is 24.5 Å². The standard InChI is InChI=1S/C19H25N7O3/c1-25(7-12-5-3-2-4-11(12)6-20)8-13-15(27)16(28)19(29-13)26-10-24-14-17(21)22-9-23-18(14)26/h2-5,9-10,13,15-16,19,27-28H,6-8,20H2,1H3,(H2,21,22,23)/t13-,15-,16-,19-/m1/s1. The van der Waals surface area contributed by atoms with Gasteiger partial charge < -0.3 is 26.4 Å². The van der Waals surface area contributed by atoms with E-state index in [4.69, 9.17) is 16.2 Å². The van der Waals surface area contributed by atoms with Crippen molar-refractivity contribution in [2.24, 2.45) is 5.73 Å². The maximum atomic E-state index is 10.6. The van der Waals surface area contributed by atoms with Gasteiger partial charge >= 0.3 is 0 Å². The molecule has 0 spiro atoms. The van der Waals surface area contributed by atoms with Gasteiger partial charge in [0.15, 0.2) is 17.7 Å². The highest BCUT2D eigenvalue weighted by Crippen LogP contribution is 2.32. The molecule has 0 amide bonds. The van der Waals surface area contributed by atoms with Crippen LogP contribution in [0.5, 0.6) is 0 Å². The number of aliphatic hydroxyl groups is 2. The third kappa shape index (κ3) is 3.68. The predicted molar refractivity (Wildman–Crippen MR) is 106 cm³/mol. The fourth-order valence-electron chi connectivity index (χ4n) is 3.74. The quantitative estimate of drug-likeness (QED) is 0.435. The molecule has 1 fully saturated rings. The summed E-state index contributed by atoms with van der Waals surface area (Å²) in [5.74, 6) is 0.247. The van der Waals surface area contributed by atoms with E-state index in [-0.39, 0.29) is 5.82 Å². The summed E-state index contributed by atoms with van der Waals surface area (Å²) in [5, 5.41) is 21.1. The number of likely N-dealkylation sites (N-methyl/N-ethyl adjacent to an activating group) is 1. The lowest BCUT2D eigenvalue weighted by molar-refractivity contribution is -0.0427. The zero-order valence-electron chi connectivity index (χ0n) is 16.1. The molecule has 154 valence electrons. The Kier molecular flexibility index (Phi) is 5.43. The third-order valence-corrected chi connectivity index (χ3v) is 5.27. The number of imidazole rings is 1. The van der Waals surface area contributed by atoms with Crippen molar-refractivity contribution in [2.75, 3.05) is 19.3 Å². The molecule has 3 aromatic rings. The van der Waals surface area contributed by atoms with Gasteiger partial charge in [0.1, 0.15) is 30.2 Å². The van der Waals surface area contributed by atoms with Gasteiger partial charge in [-0.25, -0.2) is 15.0 Å². The Balaban J connectivity index is 1.49. The molecule has 2 aromatic heterocycles. The van der Waals surface area contributed by atoms with Crippen molar-refractivity contribution in [1.29, 1.82) is 0 Å². The molecule has 4 rings (SSSR count). The number of nitrogens with zero attached hydrogens (tertiary/aromatic N) is 5. The fourth-order valence-corrected chi connectivity index (χ4v) is 3.74. The van der Waals surface area contributed by atoms with E-state index in [1.165, 1.54) is 12.7 Å². The average Bonchev–Trinajstić information content (AvgIpc) is 3.26. The minimum Gasteiger partial charge on any atom is -0.387 e. The fraction of sp³-hybridized carbons (Fsp3) is 0.421. The lowest BCUT2D eigenvalue weighted by Crippen LogP contribution is -2.38. The molecule has 10 nitrogen and oxygen atoms in total. The van der Waals surface area contributed by atoms with Crippen molar-refractivity contribution in [2.45, 2.75) is 37.6 Å². The van der Waals surface area contributed by atoms with E-state index in [0.717, 1.165) is 11.1 Å². The van der Waals surface area contributed by atoms with Crippen LogP contribution in [0.2, 0.25) is 0 Å². The molecular formula is C19H25N7O3. The largest absolute Gasteiger partial charge is 0.387 e. The Labute approximate surface area is 167 Å². The van der Waals surface area contributed by atoms with Crippen LogP contribution in [-0.2, 0) is 17.8 Å². The van der Waals surface area contributed by atoms with E-state index in [1.54, 1.807) is 4.57 Å². The second-order valence-electron chi connectivity index (χ2n) is 7.30. The molecule has 1 aliphatic heterocycles. The van der Waals surface area contributed by atoms with Gasteiger partial charge in [-0.3, -0.25) is 9.47 Å². The molecule has 1 aromatic carbocycles. The smallest absolute Gasteiger partial charge is 0.167 e. The molecule has 4 atom stereocenters. The van der Waals surface area contributed by atoms with E-state index in [0.29, 0.717) is 30.8 Å². The number of benzene rings is 1. The van der Waals surface area contributed by atoms with Gasteiger partial charge in [0.25, 0.3) is 0 Å². The third-order valence-electron chi connectivity index (χ3n) is 5.27. The van der Waals surface area contributed by atoms with Crippen molar-refractivity contribution in [3.05, 3.63) is 48.0 Å². The van der Waals surface area contributed by atoms with Gasteiger partial charge in [-0.05, 0) is 18.2 Å². The van der Waals surface area contributed by atoms with Gasteiger partial charge in [0.2, 0.25) is 0 Å². The first kappa shape index (κ1) is 19.7. The molecule has 3 heterocycles. The summed E-state index contributed by atoms with van der Waals surface area (Å²) < 4.78 is 7.57. The highest BCUT2D eigenvalue weighted by atomic mass is 16.6. The number of aliphatic hydroxyl groups excluding tert-OH is 2. The number of anilines is 1. The van der Waals surface area contributed by atoms with E-state index in [9.17, 15) is 10.2 Å². The number of aromatic nitrogens is 4. The monoisotopic (exact) mass is 399 g/mol. The lowest BCUT2D eigenvalue weighted by atomic mass is 10.1. The van der Waals surface area contributed by atoms with Crippen LogP contribution < -0.4 is 11.5 Å². The van der Waals surface area contributed by atoms with Gasteiger partial charge in [-0.15, -0.1) is 0 Å². The minimum atomic E-state index is -1.13. The molecule has 0 bridgehead atoms. The van der Waals surface area contributed by atoms with Crippen LogP contribution in [0.15, 0.2) is 36.9 Å². The molecule has 1 saturated heterocycles. The number of hydrogen-bond acceptors (Lipinski definition) is 9. The average molecular weight is 399 g/mol. The van der Waals surface area contributed by atoms with Gasteiger partial charge in [0, 0.05) is 19.6 Å². The Morgan fingerprint density at radius 3 is 2.66 bits per heavy atom. The molecule has 29 heavy (non-hydrogen) atoms. The molecule has 0 radical (unpaired) electrons. The maximum Gasteiger partial charge on any atom is 0.167 e. The van der Waals surface area contributed by atoms with E-state index in [2.05, 4.69) is 15.0 Å². The van der Waals surface area contributed by atoms with Crippen LogP contribution in [0, 0.1) is 0 Å². The molecule has 10 heteroatoms. The summed E-state index contributed by atoms with van der Waals surface area (Å²) in [6.45, 7) is 1.54. The number of fused-ring (bicyclic) bond motifs is 1. The van der Waals surface area contributed by atoms with Crippen molar-refractivity contribution < 1.29 is 14.9 Å². The maximum absolute atomic E-state index is 10.6. The number of nitrogen functional groups attached to an aromatic ring is 1. The van der Waals surface area contributed by atoms with Gasteiger partial charge in [-0.2, -0.15) is 0 Å². The van der Waals surface area contributed by atoms with Crippen molar-refractivity contribution in [3.8, 4) is 0 Å². The summed E-state index contributed by atoms with van der Waals surface area (Å²) >= 11 is 0. The minimum absolute atomic E-state index is 0.247. The van der Waals surface area contributed by atoms with Crippen LogP contribution >= 0.6 is 0 Å². The zero-order valence-corrected chi connectivity index (χ0v) is 16.1. The number of ether oxygens (including phenoxy) is 1. The van der Waals surface area contributed by atoms with Crippen LogP contribution in [0.25, 0.3) is 11.2 Å². The van der Waals surface area contributed by atoms with Gasteiger partial charge in [-0.1, -0.05) is 24.3 Å². The zero-order chi connectivity index (χ0) is 20.5. The second-order valence-corrected chi connectivity index (χ2v) is 7.30. The van der Waals surface area contributed by atoms with Crippen LogP contribution in [0.3, 0.4) is 0 Å². The van der Waals surface area contributed by atoms with Gasteiger partial charge in [0.05, 0.1) is 6.33 Å². The lowest BCUT2D eigenvalue weighted by Gasteiger charge is -2.23. The Bertz CT molecular complexity index is 995. The topological polar surface area (TPSA) is 149 Å². The van der Waals surface area contributed by atoms with Crippen molar-refractivity contribution >= 4 is 17.0 Å². The molecule has 1 aliphatic rings. The van der Waals surface area contributed by atoms with Crippen molar-refractivity contribution in [1.82, 2.24) is 24.4 Å². The number of nitrogens with two attached hydrogens (primary N) is 2. The summed E-state index contributed by atoms with van der Waals surface area (Å²) in [5.41, 5.74) is 14.7. The molecule has 0 aliphatic carbocycles. The Hall–Kier alpha value is -2.63. The van der Waals surface area contributed by atoms with Crippen LogP contribution in [-0.4, -0.2) is 66.5 Å². The molecule has 0 unspecified atom stereocenters. The summed E-state index contributed by atoms with van der Waals surface area (Å²) in [6, 6.07) is 7.97. The van der Waals surface area contributed by atoms with Crippen molar-refractivity contribution in [3.63, 3.8) is 0 Å². The number of rotatable bonds is 6. The normalized spacial score (nSPS) is 24.6. The highest BCUT2D eigenvalue weighted by Gasteiger charge is 2.44. The summed E-state index contributed by atoms with van der Waals surface area (Å²) in [4.78, 5) is 14.3. The van der Waals surface area contributed by atoms with Crippen LogP contribution in [0.4, 0.5) is 5.82 Å². The molecule has 0 saturated carbocycles. The summed E-state index contributed by atoms with van der Waals surface area (Å²) in [6.07, 6.45) is -0.768. The van der Waals surface area contributed by atoms with E-state index >= 15 is 0 Å². The molecular weight excluding hydrogens is 374 g/mol. The Morgan fingerprint density at radius 1 is 1.14 bits per heavy atom. The van der Waals surface area contributed by atoms with E-state index in [1.807, 2.05) is 36.2 Å². The first-order valence-electron chi connectivity index (χ1n) is 9.39. The summed E-state index contributed by atoms with van der Waals surface area (Å²) in [7, 11) is 1.93. The SMILES string of the molecule is CN(Cc1ccccc1CN)C[C@H]1O[C@@H](n2cnc3c(N)ncnc32)[C@H](O)[C@@H]1O. The first-order valence-corrected chi connectivity index (χ1v) is 9.39.